The van der Waals surface area contributed by atoms with E-state index in [1.54, 1.807) is 11.3 Å². The zero-order valence-corrected chi connectivity index (χ0v) is 18.6. The highest BCUT2D eigenvalue weighted by molar-refractivity contribution is 7.08. The Morgan fingerprint density at radius 1 is 1.31 bits per heavy atom. The van der Waals surface area contributed by atoms with E-state index in [1.807, 2.05) is 29.8 Å². The molecule has 1 atom stereocenters. The van der Waals surface area contributed by atoms with Crippen LogP contribution in [-0.4, -0.2) is 61.6 Å². The Kier molecular flexibility index (Phi) is 8.09. The number of likely N-dealkylation sites (tertiary alicyclic amines) is 1. The summed E-state index contributed by atoms with van der Waals surface area (Å²) in [6.07, 6.45) is 2.80. The number of carbonyl (C=O) groups is 1. The summed E-state index contributed by atoms with van der Waals surface area (Å²) in [6, 6.07) is 10.9. The number of hydrogen-bond donors (Lipinski definition) is 1. The van der Waals surface area contributed by atoms with Crippen molar-refractivity contribution >= 4 is 17.2 Å². The molecule has 1 unspecified atom stereocenters. The number of hydrogen-bond acceptors (Lipinski definition) is 5. The number of benzene rings is 1. The van der Waals surface area contributed by atoms with Gasteiger partial charge in [-0.2, -0.15) is 11.3 Å². The largest absolute Gasteiger partial charge is 0.489 e. The Labute approximate surface area is 178 Å². The molecule has 2 heterocycles. The average molecular weight is 416 g/mol. The number of carbonyl (C=O) groups excluding carboxylic acids is 1. The molecule has 1 saturated heterocycles. The smallest absolute Gasteiger partial charge is 0.224 e. The van der Waals surface area contributed by atoms with Crippen LogP contribution in [0.15, 0.2) is 41.1 Å². The molecular formula is C23H33N3O2S. The number of ether oxygens (including phenoxy) is 1. The standard InChI is InChI=1S/C23H33N3O2S/c1-18(15-24-23(27)14-20-9-12-29-17-20)28-22-6-4-5-19(13-22)16-26(3)21-7-10-25(2)11-8-21/h4-6,9,12-13,17-18,21H,7-8,10-11,14-16H2,1-3H3,(H,24,27). The van der Waals surface area contributed by atoms with Crippen molar-refractivity contribution in [1.29, 1.82) is 0 Å². The number of thiophene rings is 1. The Bertz CT molecular complexity index is 757. The number of piperidine rings is 1. The van der Waals surface area contributed by atoms with Crippen molar-refractivity contribution in [3.8, 4) is 5.75 Å². The van der Waals surface area contributed by atoms with Crippen LogP contribution in [0.5, 0.6) is 5.75 Å². The summed E-state index contributed by atoms with van der Waals surface area (Å²) in [5.74, 6) is 0.895. The average Bonchev–Trinajstić information content (AvgIpc) is 3.20. The Morgan fingerprint density at radius 2 is 2.10 bits per heavy atom. The molecule has 0 radical (unpaired) electrons. The van der Waals surface area contributed by atoms with Crippen LogP contribution in [0.2, 0.25) is 0 Å². The summed E-state index contributed by atoms with van der Waals surface area (Å²) in [4.78, 5) is 16.9. The minimum Gasteiger partial charge on any atom is -0.489 e. The molecule has 6 heteroatoms. The van der Waals surface area contributed by atoms with Crippen LogP contribution in [0.4, 0.5) is 0 Å². The van der Waals surface area contributed by atoms with Crippen LogP contribution in [0.1, 0.15) is 30.9 Å². The molecular weight excluding hydrogens is 382 g/mol. The van der Waals surface area contributed by atoms with Gasteiger partial charge in [0.05, 0.1) is 13.0 Å². The number of nitrogens with zero attached hydrogens (tertiary/aromatic N) is 2. The summed E-state index contributed by atoms with van der Waals surface area (Å²) < 4.78 is 6.04. The maximum atomic E-state index is 12.0. The first-order chi connectivity index (χ1) is 14.0. The predicted molar refractivity (Wildman–Crippen MR) is 120 cm³/mol. The molecule has 0 bridgehead atoms. The number of amides is 1. The normalized spacial score (nSPS) is 16.7. The number of rotatable bonds is 9. The molecule has 1 aromatic heterocycles. The van der Waals surface area contributed by atoms with Gasteiger partial charge in [-0.05, 0) is 87.0 Å². The highest BCUT2D eigenvalue weighted by atomic mass is 32.1. The molecule has 5 nitrogen and oxygen atoms in total. The first kappa shape index (κ1) is 21.8. The molecule has 0 spiro atoms. The van der Waals surface area contributed by atoms with Crippen molar-refractivity contribution in [3.63, 3.8) is 0 Å². The molecule has 1 aliphatic rings. The van der Waals surface area contributed by atoms with Gasteiger partial charge in [0.1, 0.15) is 11.9 Å². The third-order valence-electron chi connectivity index (χ3n) is 5.51. The second-order valence-corrected chi connectivity index (χ2v) is 8.92. The summed E-state index contributed by atoms with van der Waals surface area (Å²) >= 11 is 1.61. The lowest BCUT2D eigenvalue weighted by Gasteiger charge is -2.35. The van der Waals surface area contributed by atoms with Crippen molar-refractivity contribution in [3.05, 3.63) is 52.2 Å². The summed E-state index contributed by atoms with van der Waals surface area (Å²) in [6.45, 7) is 5.77. The van der Waals surface area contributed by atoms with E-state index in [0.29, 0.717) is 19.0 Å². The maximum Gasteiger partial charge on any atom is 0.224 e. The van der Waals surface area contributed by atoms with Gasteiger partial charge in [-0.15, -0.1) is 0 Å². The molecule has 0 aliphatic carbocycles. The van der Waals surface area contributed by atoms with Gasteiger partial charge in [0.2, 0.25) is 5.91 Å². The van der Waals surface area contributed by atoms with Crippen LogP contribution < -0.4 is 10.1 Å². The summed E-state index contributed by atoms with van der Waals surface area (Å²) in [5, 5.41) is 6.96. The van der Waals surface area contributed by atoms with E-state index in [0.717, 1.165) is 17.9 Å². The van der Waals surface area contributed by atoms with Crippen molar-refractivity contribution < 1.29 is 9.53 Å². The molecule has 29 heavy (non-hydrogen) atoms. The molecule has 2 aromatic rings. The highest BCUT2D eigenvalue weighted by Gasteiger charge is 2.20. The van der Waals surface area contributed by atoms with E-state index in [1.165, 1.54) is 31.5 Å². The van der Waals surface area contributed by atoms with E-state index >= 15 is 0 Å². The summed E-state index contributed by atoms with van der Waals surface area (Å²) in [5.41, 5.74) is 2.32. The van der Waals surface area contributed by atoms with E-state index in [-0.39, 0.29) is 12.0 Å². The fourth-order valence-corrected chi connectivity index (χ4v) is 4.41. The van der Waals surface area contributed by atoms with Crippen molar-refractivity contribution in [2.45, 2.75) is 44.9 Å². The molecule has 3 rings (SSSR count). The Hall–Kier alpha value is -1.89. The lowest BCUT2D eigenvalue weighted by Crippen LogP contribution is -2.41. The molecule has 0 saturated carbocycles. The highest BCUT2D eigenvalue weighted by Crippen LogP contribution is 2.20. The first-order valence-electron chi connectivity index (χ1n) is 10.4. The zero-order chi connectivity index (χ0) is 20.6. The van der Waals surface area contributed by atoms with Gasteiger partial charge in [0.25, 0.3) is 0 Å². The van der Waals surface area contributed by atoms with Crippen LogP contribution in [-0.2, 0) is 17.8 Å². The third kappa shape index (κ3) is 7.14. The van der Waals surface area contributed by atoms with Crippen molar-refractivity contribution in [2.24, 2.45) is 0 Å². The van der Waals surface area contributed by atoms with Gasteiger partial charge in [0.15, 0.2) is 0 Å². The van der Waals surface area contributed by atoms with Gasteiger partial charge in [-0.1, -0.05) is 12.1 Å². The first-order valence-corrected chi connectivity index (χ1v) is 11.4. The zero-order valence-electron chi connectivity index (χ0n) is 17.8. The molecule has 1 amide bonds. The second-order valence-electron chi connectivity index (χ2n) is 8.14. The molecule has 1 fully saturated rings. The fraction of sp³-hybridized carbons (Fsp3) is 0.522. The van der Waals surface area contributed by atoms with E-state index in [4.69, 9.17) is 4.74 Å². The van der Waals surface area contributed by atoms with Crippen molar-refractivity contribution in [1.82, 2.24) is 15.1 Å². The van der Waals surface area contributed by atoms with E-state index in [9.17, 15) is 4.79 Å². The van der Waals surface area contributed by atoms with Crippen LogP contribution in [0.3, 0.4) is 0 Å². The van der Waals surface area contributed by atoms with Gasteiger partial charge in [-0.25, -0.2) is 0 Å². The van der Waals surface area contributed by atoms with Gasteiger partial charge in [0, 0.05) is 12.6 Å². The quantitative estimate of drug-likeness (QED) is 0.682. The third-order valence-corrected chi connectivity index (χ3v) is 6.24. The minimum atomic E-state index is -0.0803. The van der Waals surface area contributed by atoms with E-state index < -0.39 is 0 Å². The monoisotopic (exact) mass is 415 g/mol. The molecule has 1 aromatic carbocycles. The molecule has 158 valence electrons. The van der Waals surface area contributed by atoms with Crippen LogP contribution in [0.25, 0.3) is 0 Å². The maximum absolute atomic E-state index is 12.0. The topological polar surface area (TPSA) is 44.8 Å². The summed E-state index contributed by atoms with van der Waals surface area (Å²) in [7, 11) is 4.41. The lowest BCUT2D eigenvalue weighted by molar-refractivity contribution is -0.120. The SMILES string of the molecule is CC(CNC(=O)Cc1ccsc1)Oc1cccc(CN(C)C2CCN(C)CC2)c1. The minimum absolute atomic E-state index is 0.0346. The van der Waals surface area contributed by atoms with Gasteiger partial charge >= 0.3 is 0 Å². The molecule has 1 N–H and O–H groups in total. The van der Waals surface area contributed by atoms with Gasteiger partial charge < -0.3 is 15.0 Å². The fourth-order valence-electron chi connectivity index (χ4n) is 3.74. The lowest BCUT2D eigenvalue weighted by atomic mass is 10.0. The number of nitrogens with one attached hydrogen (secondary N) is 1. The van der Waals surface area contributed by atoms with Crippen LogP contribution >= 0.6 is 11.3 Å². The second kappa shape index (κ2) is 10.8. The van der Waals surface area contributed by atoms with Crippen LogP contribution in [0, 0.1) is 0 Å². The van der Waals surface area contributed by atoms with Gasteiger partial charge in [-0.3, -0.25) is 9.69 Å². The Balaban J connectivity index is 1.44. The predicted octanol–water partition coefficient (Wildman–Crippen LogP) is 3.40. The molecule has 1 aliphatic heterocycles. The van der Waals surface area contributed by atoms with Crippen molar-refractivity contribution in [2.75, 3.05) is 33.7 Å². The van der Waals surface area contributed by atoms with E-state index in [2.05, 4.69) is 47.4 Å². The Morgan fingerprint density at radius 3 is 2.83 bits per heavy atom.